The normalized spacial score (nSPS) is 25.5. The number of carbonyl (C=O) groups excluding carboxylic acids is 1. The lowest BCUT2D eigenvalue weighted by Gasteiger charge is -2.26. The summed E-state index contributed by atoms with van der Waals surface area (Å²) in [7, 11) is 1.65. The predicted molar refractivity (Wildman–Crippen MR) is 61.2 cm³/mol. The molecule has 1 fully saturated rings. The van der Waals surface area contributed by atoms with Crippen LogP contribution in [-0.2, 0) is 14.3 Å². The summed E-state index contributed by atoms with van der Waals surface area (Å²) in [5.74, 6) is 1.69. The maximum absolute atomic E-state index is 11.8. The maximum Gasteiger partial charge on any atom is 0.327 e. The number of hydrogen-bond donors (Lipinski definition) is 1. The zero-order valence-corrected chi connectivity index (χ0v) is 10.2. The van der Waals surface area contributed by atoms with Crippen molar-refractivity contribution in [3.63, 3.8) is 0 Å². The highest BCUT2D eigenvalue weighted by Crippen LogP contribution is 2.29. The molecule has 0 aromatic rings. The van der Waals surface area contributed by atoms with Gasteiger partial charge in [-0.3, -0.25) is 10.1 Å². The molecular formula is C10H19NO3S. The van der Waals surface area contributed by atoms with Gasteiger partial charge in [-0.2, -0.15) is 11.8 Å². The molecule has 4 nitrogen and oxygen atoms in total. The van der Waals surface area contributed by atoms with Crippen molar-refractivity contribution in [3.8, 4) is 0 Å². The first kappa shape index (κ1) is 12.8. The number of thioether (sulfide) groups is 1. The van der Waals surface area contributed by atoms with Crippen LogP contribution in [0.2, 0.25) is 0 Å². The summed E-state index contributed by atoms with van der Waals surface area (Å²) in [5.41, 5.74) is -0.473. The van der Waals surface area contributed by atoms with E-state index in [0.717, 1.165) is 17.9 Å². The van der Waals surface area contributed by atoms with Crippen molar-refractivity contribution >= 4 is 17.7 Å². The van der Waals surface area contributed by atoms with Crippen molar-refractivity contribution in [3.05, 3.63) is 0 Å². The molecule has 0 aliphatic carbocycles. The van der Waals surface area contributed by atoms with Crippen molar-refractivity contribution < 1.29 is 14.3 Å². The Kier molecular flexibility index (Phi) is 5.42. The molecule has 1 aliphatic rings. The van der Waals surface area contributed by atoms with E-state index in [0.29, 0.717) is 19.8 Å². The molecule has 0 radical (unpaired) electrons. The number of esters is 1. The monoisotopic (exact) mass is 233 g/mol. The standard InChI is InChI=1S/C10H19NO3S/c1-3-14-9(12)10(4-7-15-8-10)11-5-6-13-2/h11H,3-8H2,1-2H3. The van der Waals surface area contributed by atoms with Crippen LogP contribution in [0.1, 0.15) is 13.3 Å². The Hall–Kier alpha value is -0.260. The fraction of sp³-hybridized carbons (Fsp3) is 0.900. The lowest BCUT2D eigenvalue weighted by Crippen LogP contribution is -2.54. The Labute approximate surface area is 95.1 Å². The summed E-state index contributed by atoms with van der Waals surface area (Å²) in [6.45, 7) is 3.59. The minimum atomic E-state index is -0.473. The number of nitrogens with one attached hydrogen (secondary N) is 1. The average Bonchev–Trinajstić information content (AvgIpc) is 2.69. The van der Waals surface area contributed by atoms with Crippen LogP contribution >= 0.6 is 11.8 Å². The van der Waals surface area contributed by atoms with Crippen LogP contribution in [0, 0.1) is 0 Å². The van der Waals surface area contributed by atoms with Gasteiger partial charge in [0.15, 0.2) is 0 Å². The van der Waals surface area contributed by atoms with Crippen molar-refractivity contribution in [1.29, 1.82) is 0 Å². The van der Waals surface area contributed by atoms with Crippen LogP contribution in [0.5, 0.6) is 0 Å². The predicted octanol–water partition coefficient (Wildman–Crippen LogP) is 0.661. The first-order chi connectivity index (χ1) is 7.25. The van der Waals surface area contributed by atoms with Crippen LogP contribution in [0.4, 0.5) is 0 Å². The highest BCUT2D eigenvalue weighted by molar-refractivity contribution is 7.99. The van der Waals surface area contributed by atoms with Crippen LogP contribution in [0.3, 0.4) is 0 Å². The Balaban J connectivity index is 2.49. The molecule has 1 rings (SSSR count). The Bertz CT molecular complexity index is 205. The van der Waals surface area contributed by atoms with E-state index >= 15 is 0 Å². The van der Waals surface area contributed by atoms with Gasteiger partial charge in [0.25, 0.3) is 0 Å². The van der Waals surface area contributed by atoms with Gasteiger partial charge < -0.3 is 9.47 Å². The average molecular weight is 233 g/mol. The van der Waals surface area contributed by atoms with Crippen molar-refractivity contribution in [2.45, 2.75) is 18.9 Å². The Morgan fingerprint density at radius 2 is 2.40 bits per heavy atom. The molecule has 1 aliphatic heterocycles. The zero-order valence-electron chi connectivity index (χ0n) is 9.38. The van der Waals surface area contributed by atoms with Gasteiger partial charge in [0.05, 0.1) is 13.2 Å². The van der Waals surface area contributed by atoms with E-state index in [4.69, 9.17) is 9.47 Å². The second-order valence-electron chi connectivity index (χ2n) is 3.52. The summed E-state index contributed by atoms with van der Waals surface area (Å²) in [5, 5.41) is 3.26. The van der Waals surface area contributed by atoms with Gasteiger partial charge in [0.1, 0.15) is 5.54 Å². The smallest absolute Gasteiger partial charge is 0.327 e. The second-order valence-corrected chi connectivity index (χ2v) is 4.63. The molecule has 1 unspecified atom stereocenters. The first-order valence-corrected chi connectivity index (χ1v) is 6.39. The highest BCUT2D eigenvalue weighted by atomic mass is 32.2. The van der Waals surface area contributed by atoms with Gasteiger partial charge >= 0.3 is 5.97 Å². The molecule has 0 spiro atoms. The molecule has 1 saturated heterocycles. The SMILES string of the molecule is CCOC(=O)C1(NCCOC)CCSC1. The molecule has 1 atom stereocenters. The summed E-state index contributed by atoms with van der Waals surface area (Å²) in [6.07, 6.45) is 0.847. The Morgan fingerprint density at radius 3 is 2.93 bits per heavy atom. The summed E-state index contributed by atoms with van der Waals surface area (Å²) < 4.78 is 10.1. The lowest BCUT2D eigenvalue weighted by atomic mass is 9.99. The molecule has 1 N–H and O–H groups in total. The van der Waals surface area contributed by atoms with E-state index in [2.05, 4.69) is 5.32 Å². The topological polar surface area (TPSA) is 47.6 Å². The molecule has 0 saturated carbocycles. The molecule has 0 amide bonds. The van der Waals surface area contributed by atoms with E-state index in [-0.39, 0.29) is 5.97 Å². The minimum absolute atomic E-state index is 0.119. The first-order valence-electron chi connectivity index (χ1n) is 5.24. The quantitative estimate of drug-likeness (QED) is 0.539. The third kappa shape index (κ3) is 3.36. The fourth-order valence-electron chi connectivity index (χ4n) is 1.60. The van der Waals surface area contributed by atoms with Crippen LogP contribution in [0.15, 0.2) is 0 Å². The maximum atomic E-state index is 11.8. The van der Waals surface area contributed by atoms with E-state index in [1.165, 1.54) is 0 Å². The minimum Gasteiger partial charge on any atom is -0.465 e. The molecule has 88 valence electrons. The van der Waals surface area contributed by atoms with Crippen LogP contribution in [-0.4, -0.2) is 49.9 Å². The number of rotatable bonds is 6. The highest BCUT2D eigenvalue weighted by Gasteiger charge is 2.42. The van der Waals surface area contributed by atoms with Gasteiger partial charge in [-0.1, -0.05) is 0 Å². The second kappa shape index (κ2) is 6.35. The summed E-state index contributed by atoms with van der Waals surface area (Å²) in [4.78, 5) is 11.8. The van der Waals surface area contributed by atoms with E-state index in [9.17, 15) is 4.79 Å². The molecular weight excluding hydrogens is 214 g/mol. The van der Waals surface area contributed by atoms with Crippen molar-refractivity contribution in [2.75, 3.05) is 38.4 Å². The van der Waals surface area contributed by atoms with Gasteiger partial charge in [0, 0.05) is 19.4 Å². The van der Waals surface area contributed by atoms with Crippen LogP contribution < -0.4 is 5.32 Å². The van der Waals surface area contributed by atoms with Crippen LogP contribution in [0.25, 0.3) is 0 Å². The van der Waals surface area contributed by atoms with Crippen molar-refractivity contribution in [1.82, 2.24) is 5.32 Å². The molecule has 0 aromatic heterocycles. The molecule has 0 bridgehead atoms. The number of methoxy groups -OCH3 is 1. The van der Waals surface area contributed by atoms with E-state index < -0.39 is 5.54 Å². The molecule has 1 heterocycles. The number of ether oxygens (including phenoxy) is 2. The largest absolute Gasteiger partial charge is 0.465 e. The zero-order chi connectivity index (χ0) is 11.1. The van der Waals surface area contributed by atoms with E-state index in [1.54, 1.807) is 18.9 Å². The molecule has 15 heavy (non-hydrogen) atoms. The summed E-state index contributed by atoms with van der Waals surface area (Å²) >= 11 is 1.79. The summed E-state index contributed by atoms with van der Waals surface area (Å²) in [6, 6.07) is 0. The number of hydrogen-bond acceptors (Lipinski definition) is 5. The number of carbonyl (C=O) groups is 1. The third-order valence-electron chi connectivity index (χ3n) is 2.46. The molecule has 5 heteroatoms. The van der Waals surface area contributed by atoms with E-state index in [1.807, 2.05) is 6.92 Å². The van der Waals surface area contributed by atoms with Crippen molar-refractivity contribution in [2.24, 2.45) is 0 Å². The van der Waals surface area contributed by atoms with Gasteiger partial charge in [-0.05, 0) is 19.1 Å². The molecule has 0 aromatic carbocycles. The third-order valence-corrected chi connectivity index (χ3v) is 3.65. The van der Waals surface area contributed by atoms with Gasteiger partial charge in [-0.15, -0.1) is 0 Å². The van der Waals surface area contributed by atoms with Gasteiger partial charge in [-0.25, -0.2) is 0 Å². The van der Waals surface area contributed by atoms with Gasteiger partial charge in [0.2, 0.25) is 0 Å². The Morgan fingerprint density at radius 1 is 1.60 bits per heavy atom. The lowest BCUT2D eigenvalue weighted by molar-refractivity contribution is -0.150. The fourth-order valence-corrected chi connectivity index (χ4v) is 2.95.